The van der Waals surface area contributed by atoms with Gasteiger partial charge in [-0.25, -0.2) is 4.79 Å². The number of aromatic amines is 1. The zero-order valence-corrected chi connectivity index (χ0v) is 15.6. The molecule has 0 radical (unpaired) electrons. The number of likely N-dealkylation sites (tertiary alicyclic amines) is 1. The molecule has 1 atom stereocenters. The highest BCUT2D eigenvalue weighted by Crippen LogP contribution is 2.24. The van der Waals surface area contributed by atoms with E-state index in [0.717, 1.165) is 52.2 Å². The summed E-state index contributed by atoms with van der Waals surface area (Å²) in [4.78, 5) is 42.4. The summed E-state index contributed by atoms with van der Waals surface area (Å²) in [6, 6.07) is 0.501. The number of aryl methyl sites for hydroxylation is 1. The quantitative estimate of drug-likeness (QED) is 0.800. The lowest BCUT2D eigenvalue weighted by Gasteiger charge is -2.41. The maximum Gasteiger partial charge on any atom is 0.328 e. The van der Waals surface area contributed by atoms with E-state index in [0.29, 0.717) is 17.5 Å². The molecular formula is C18H28N4O4. The van der Waals surface area contributed by atoms with Gasteiger partial charge < -0.3 is 9.64 Å². The van der Waals surface area contributed by atoms with Crippen molar-refractivity contribution in [2.45, 2.75) is 39.3 Å². The normalized spacial score (nSPS) is 20.9. The Morgan fingerprint density at radius 2 is 1.88 bits per heavy atom. The smallest absolute Gasteiger partial charge is 0.328 e. The van der Waals surface area contributed by atoms with Gasteiger partial charge in [-0.3, -0.25) is 24.0 Å². The molecule has 0 aromatic carbocycles. The van der Waals surface area contributed by atoms with Gasteiger partial charge in [-0.15, -0.1) is 0 Å². The Hall–Kier alpha value is -1.93. The third kappa shape index (κ3) is 4.24. The fraction of sp³-hybridized carbons (Fsp3) is 0.722. The highest BCUT2D eigenvalue weighted by Gasteiger charge is 2.30. The first-order valence-electron chi connectivity index (χ1n) is 9.35. The van der Waals surface area contributed by atoms with Crippen molar-refractivity contribution in [3.05, 3.63) is 32.6 Å². The number of H-pyrrole nitrogens is 1. The van der Waals surface area contributed by atoms with Gasteiger partial charge in [-0.05, 0) is 32.6 Å². The summed E-state index contributed by atoms with van der Waals surface area (Å²) in [6.07, 6.45) is 3.40. The van der Waals surface area contributed by atoms with Crippen LogP contribution in [0.15, 0.2) is 15.8 Å². The Balaban J connectivity index is 1.54. The number of amides is 1. The first-order chi connectivity index (χ1) is 12.5. The summed E-state index contributed by atoms with van der Waals surface area (Å²) in [6.45, 7) is 8.87. The predicted octanol–water partition coefficient (Wildman–Crippen LogP) is -0.196. The highest BCUT2D eigenvalue weighted by molar-refractivity contribution is 5.76. The molecular weight excluding hydrogens is 336 g/mol. The summed E-state index contributed by atoms with van der Waals surface area (Å²) in [5, 5.41) is 0. The molecule has 0 aliphatic carbocycles. The predicted molar refractivity (Wildman–Crippen MR) is 97.2 cm³/mol. The van der Waals surface area contributed by atoms with Crippen LogP contribution in [0.25, 0.3) is 0 Å². The van der Waals surface area contributed by atoms with Crippen LogP contribution in [-0.2, 0) is 16.1 Å². The third-order valence-electron chi connectivity index (χ3n) is 5.69. The Morgan fingerprint density at radius 1 is 1.23 bits per heavy atom. The highest BCUT2D eigenvalue weighted by atomic mass is 16.5. The topological polar surface area (TPSA) is 87.6 Å². The summed E-state index contributed by atoms with van der Waals surface area (Å²) >= 11 is 0. The minimum atomic E-state index is -0.537. The maximum atomic E-state index is 12.5. The molecule has 8 heteroatoms. The zero-order valence-electron chi connectivity index (χ0n) is 15.6. The molecule has 1 unspecified atom stereocenters. The summed E-state index contributed by atoms with van der Waals surface area (Å²) in [5.41, 5.74) is -0.517. The average molecular weight is 364 g/mol. The Labute approximate surface area is 152 Å². The molecule has 3 heterocycles. The van der Waals surface area contributed by atoms with Crippen molar-refractivity contribution in [2.24, 2.45) is 5.92 Å². The molecule has 0 bridgehead atoms. The van der Waals surface area contributed by atoms with Gasteiger partial charge in [0.05, 0.1) is 13.2 Å². The third-order valence-corrected chi connectivity index (χ3v) is 5.69. The second kappa shape index (κ2) is 8.18. The maximum absolute atomic E-state index is 12.5. The average Bonchev–Trinajstić information content (AvgIpc) is 2.66. The number of carbonyl (C=O) groups excluding carboxylic acids is 1. The van der Waals surface area contributed by atoms with E-state index in [2.05, 4.69) is 16.8 Å². The van der Waals surface area contributed by atoms with Crippen molar-refractivity contribution in [1.29, 1.82) is 0 Å². The SMILES string of the molecule is Cc1cn(CC(=O)N2CCC(C(C)N3CCOCC3)CC2)c(=O)[nH]c1=O. The molecule has 3 rings (SSSR count). The molecule has 1 aromatic heterocycles. The number of hydrogen-bond donors (Lipinski definition) is 1. The van der Waals surface area contributed by atoms with Crippen molar-refractivity contribution in [3.63, 3.8) is 0 Å². The molecule has 8 nitrogen and oxygen atoms in total. The van der Waals surface area contributed by atoms with Crippen molar-refractivity contribution in [3.8, 4) is 0 Å². The second-order valence-electron chi connectivity index (χ2n) is 7.31. The fourth-order valence-electron chi connectivity index (χ4n) is 3.90. The van der Waals surface area contributed by atoms with Crippen LogP contribution in [0.5, 0.6) is 0 Å². The Bertz CT molecular complexity index is 742. The number of aromatic nitrogens is 2. The van der Waals surface area contributed by atoms with E-state index in [-0.39, 0.29) is 12.5 Å². The van der Waals surface area contributed by atoms with Crippen LogP contribution in [0, 0.1) is 12.8 Å². The van der Waals surface area contributed by atoms with E-state index in [1.54, 1.807) is 6.92 Å². The standard InChI is InChI=1S/C18H28N4O4/c1-13-11-22(18(25)19-17(13)24)12-16(23)21-5-3-15(4-6-21)14(2)20-7-9-26-10-8-20/h11,14-15H,3-10,12H2,1-2H3,(H,19,24,25). The summed E-state index contributed by atoms with van der Waals surface area (Å²) in [5.74, 6) is 0.506. The van der Waals surface area contributed by atoms with Gasteiger partial charge in [0, 0.05) is 44.0 Å². The molecule has 2 aliphatic heterocycles. The van der Waals surface area contributed by atoms with Crippen LogP contribution >= 0.6 is 0 Å². The minimum absolute atomic E-state index is 0.0276. The van der Waals surface area contributed by atoms with Crippen molar-refractivity contribution < 1.29 is 9.53 Å². The first kappa shape index (κ1) is 18.8. The molecule has 2 fully saturated rings. The van der Waals surface area contributed by atoms with Crippen molar-refractivity contribution in [2.75, 3.05) is 39.4 Å². The number of nitrogens with one attached hydrogen (secondary N) is 1. The van der Waals surface area contributed by atoms with Crippen LogP contribution < -0.4 is 11.2 Å². The van der Waals surface area contributed by atoms with Gasteiger partial charge in [0.2, 0.25) is 5.91 Å². The molecule has 0 spiro atoms. The van der Waals surface area contributed by atoms with E-state index in [1.807, 2.05) is 4.90 Å². The summed E-state index contributed by atoms with van der Waals surface area (Å²) in [7, 11) is 0. The summed E-state index contributed by atoms with van der Waals surface area (Å²) < 4.78 is 6.70. The number of rotatable bonds is 4. The first-order valence-corrected chi connectivity index (χ1v) is 9.35. The van der Waals surface area contributed by atoms with E-state index < -0.39 is 11.2 Å². The molecule has 1 aromatic rings. The van der Waals surface area contributed by atoms with Crippen LogP contribution in [0.4, 0.5) is 0 Å². The van der Waals surface area contributed by atoms with Gasteiger partial charge in [0.25, 0.3) is 5.56 Å². The molecule has 1 amide bonds. The second-order valence-corrected chi connectivity index (χ2v) is 7.31. The lowest BCUT2D eigenvalue weighted by Crippen LogP contribution is -2.49. The largest absolute Gasteiger partial charge is 0.379 e. The van der Waals surface area contributed by atoms with Crippen molar-refractivity contribution >= 4 is 5.91 Å². The molecule has 26 heavy (non-hydrogen) atoms. The molecule has 1 N–H and O–H groups in total. The van der Waals surface area contributed by atoms with E-state index in [9.17, 15) is 14.4 Å². The molecule has 2 saturated heterocycles. The number of nitrogens with zero attached hydrogens (tertiary/aromatic N) is 3. The van der Waals surface area contributed by atoms with Gasteiger partial charge >= 0.3 is 5.69 Å². The number of piperidine rings is 1. The van der Waals surface area contributed by atoms with Crippen molar-refractivity contribution in [1.82, 2.24) is 19.4 Å². The Kier molecular flexibility index (Phi) is 5.93. The van der Waals surface area contributed by atoms with Gasteiger partial charge in [0.15, 0.2) is 0 Å². The minimum Gasteiger partial charge on any atom is -0.379 e. The molecule has 0 saturated carbocycles. The zero-order chi connectivity index (χ0) is 18.7. The van der Waals surface area contributed by atoms with Crippen LogP contribution in [0.2, 0.25) is 0 Å². The Morgan fingerprint density at radius 3 is 2.54 bits per heavy atom. The lowest BCUT2D eigenvalue weighted by atomic mass is 9.89. The number of ether oxygens (including phenoxy) is 1. The van der Waals surface area contributed by atoms with Crippen LogP contribution in [-0.4, -0.2) is 70.7 Å². The molecule has 2 aliphatic rings. The number of hydrogen-bond acceptors (Lipinski definition) is 5. The molecule has 144 valence electrons. The van der Waals surface area contributed by atoms with E-state index >= 15 is 0 Å². The van der Waals surface area contributed by atoms with Crippen LogP contribution in [0.1, 0.15) is 25.3 Å². The monoisotopic (exact) mass is 364 g/mol. The van der Waals surface area contributed by atoms with Gasteiger partial charge in [-0.2, -0.15) is 0 Å². The fourth-order valence-corrected chi connectivity index (χ4v) is 3.90. The van der Waals surface area contributed by atoms with Crippen LogP contribution in [0.3, 0.4) is 0 Å². The lowest BCUT2D eigenvalue weighted by molar-refractivity contribution is -0.133. The van der Waals surface area contributed by atoms with E-state index in [1.165, 1.54) is 10.8 Å². The van der Waals surface area contributed by atoms with Gasteiger partial charge in [-0.1, -0.05) is 0 Å². The van der Waals surface area contributed by atoms with E-state index in [4.69, 9.17) is 4.74 Å². The number of carbonyl (C=O) groups is 1. The van der Waals surface area contributed by atoms with Gasteiger partial charge in [0.1, 0.15) is 6.54 Å². The number of morpholine rings is 1.